The number of pyridine rings is 1. The van der Waals surface area contributed by atoms with E-state index < -0.39 is 41.9 Å². The Kier molecular flexibility index (Phi) is 9.35. The van der Waals surface area contributed by atoms with Crippen molar-refractivity contribution in [1.82, 2.24) is 10.3 Å². The Morgan fingerprint density at radius 3 is 2.24 bits per heavy atom. The van der Waals surface area contributed by atoms with Gasteiger partial charge in [0.1, 0.15) is 29.8 Å². The number of halogens is 1. The van der Waals surface area contributed by atoms with Gasteiger partial charge in [-0.3, -0.25) is 9.59 Å². The molecule has 1 heterocycles. The van der Waals surface area contributed by atoms with Gasteiger partial charge in [0.15, 0.2) is 11.4 Å². The molecule has 2 rings (SSSR count). The zero-order valence-electron chi connectivity index (χ0n) is 20.0. The van der Waals surface area contributed by atoms with E-state index in [0.29, 0.717) is 5.75 Å². The minimum absolute atomic E-state index is 0.113. The lowest BCUT2D eigenvalue weighted by molar-refractivity contribution is -0.158. The van der Waals surface area contributed by atoms with E-state index in [2.05, 4.69) is 10.3 Å². The summed E-state index contributed by atoms with van der Waals surface area (Å²) in [5.41, 5.74) is -0.220. The Bertz CT molecular complexity index is 1010. The SMILES string of the molecule is COc1ccnc(C(=O)N[C@@H](C)C(=O)OC(C(C)C)[C@H](C)Oc2ccc(F)cc2)c1OC(C)=O. The first-order valence-electron chi connectivity index (χ1n) is 10.7. The molecule has 1 amide bonds. The number of methoxy groups -OCH3 is 1. The second-order valence-corrected chi connectivity index (χ2v) is 7.90. The maximum Gasteiger partial charge on any atom is 0.328 e. The van der Waals surface area contributed by atoms with Gasteiger partial charge in [-0.25, -0.2) is 14.2 Å². The second-order valence-electron chi connectivity index (χ2n) is 7.90. The topological polar surface area (TPSA) is 113 Å². The third-order valence-electron chi connectivity index (χ3n) is 4.76. The summed E-state index contributed by atoms with van der Waals surface area (Å²) in [4.78, 5) is 40.9. The molecule has 184 valence electrons. The summed E-state index contributed by atoms with van der Waals surface area (Å²) < 4.78 is 34.8. The molecule has 0 spiro atoms. The molecule has 9 nitrogen and oxygen atoms in total. The number of carbonyl (C=O) groups excluding carboxylic acids is 3. The molecule has 0 aliphatic heterocycles. The van der Waals surface area contributed by atoms with E-state index in [1.807, 2.05) is 13.8 Å². The summed E-state index contributed by atoms with van der Waals surface area (Å²) in [5.74, 6) is -2.21. The molecule has 10 heteroatoms. The molecule has 0 bridgehead atoms. The summed E-state index contributed by atoms with van der Waals surface area (Å²) in [5, 5.41) is 2.49. The van der Waals surface area contributed by atoms with Crippen molar-refractivity contribution >= 4 is 17.8 Å². The van der Waals surface area contributed by atoms with Crippen LogP contribution in [-0.4, -0.2) is 48.2 Å². The highest BCUT2D eigenvalue weighted by atomic mass is 19.1. The minimum Gasteiger partial charge on any atom is -0.493 e. The molecule has 34 heavy (non-hydrogen) atoms. The van der Waals surface area contributed by atoms with Crippen molar-refractivity contribution in [2.75, 3.05) is 7.11 Å². The van der Waals surface area contributed by atoms with Gasteiger partial charge >= 0.3 is 11.9 Å². The van der Waals surface area contributed by atoms with Crippen LogP contribution in [-0.2, 0) is 14.3 Å². The molecule has 0 saturated carbocycles. The fourth-order valence-electron chi connectivity index (χ4n) is 3.12. The average Bonchev–Trinajstić information content (AvgIpc) is 2.78. The number of benzene rings is 1. The number of nitrogens with one attached hydrogen (secondary N) is 1. The molecule has 0 aliphatic carbocycles. The zero-order valence-corrected chi connectivity index (χ0v) is 20.0. The Balaban J connectivity index is 2.09. The van der Waals surface area contributed by atoms with Gasteiger partial charge in [-0.2, -0.15) is 0 Å². The number of nitrogens with zero attached hydrogens (tertiary/aromatic N) is 1. The lowest BCUT2D eigenvalue weighted by Gasteiger charge is -2.29. The molecular formula is C24H29FN2O7. The van der Waals surface area contributed by atoms with Crippen LogP contribution in [0.4, 0.5) is 4.39 Å². The van der Waals surface area contributed by atoms with Crippen LogP contribution in [0, 0.1) is 11.7 Å². The van der Waals surface area contributed by atoms with Gasteiger partial charge in [0.25, 0.3) is 5.91 Å². The van der Waals surface area contributed by atoms with Gasteiger partial charge in [-0.1, -0.05) is 13.8 Å². The predicted octanol–water partition coefficient (Wildman–Crippen LogP) is 3.31. The average molecular weight is 477 g/mol. The number of aromatic nitrogens is 1. The smallest absolute Gasteiger partial charge is 0.328 e. The summed E-state index contributed by atoms with van der Waals surface area (Å²) in [7, 11) is 1.35. The standard InChI is InChI=1S/C24H29FN2O7/c1-13(2)21(15(4)32-18-9-7-17(25)8-10-18)34-24(30)14(3)27-23(29)20-22(33-16(5)28)19(31-6)11-12-26-20/h7-15,21H,1-6H3,(H,27,29)/t14-,15-,21?/m0/s1. The summed E-state index contributed by atoms with van der Waals surface area (Å²) >= 11 is 0. The Hall–Kier alpha value is -3.69. The first kappa shape index (κ1) is 26.6. The van der Waals surface area contributed by atoms with Crippen molar-refractivity contribution in [2.24, 2.45) is 5.92 Å². The molecule has 0 radical (unpaired) electrons. The van der Waals surface area contributed by atoms with Crippen LogP contribution in [0.25, 0.3) is 0 Å². The molecule has 1 unspecified atom stereocenters. The second kappa shape index (κ2) is 12.0. The molecule has 3 atom stereocenters. The van der Waals surface area contributed by atoms with Crippen molar-refractivity contribution in [1.29, 1.82) is 0 Å². The van der Waals surface area contributed by atoms with Crippen LogP contribution in [0.1, 0.15) is 45.1 Å². The summed E-state index contributed by atoms with van der Waals surface area (Å²) in [6.45, 7) is 8.08. The van der Waals surface area contributed by atoms with Crippen LogP contribution in [0.5, 0.6) is 17.2 Å². The van der Waals surface area contributed by atoms with E-state index >= 15 is 0 Å². The lowest BCUT2D eigenvalue weighted by Crippen LogP contribution is -2.45. The maximum absolute atomic E-state index is 13.1. The van der Waals surface area contributed by atoms with E-state index in [0.717, 1.165) is 0 Å². The molecule has 1 N–H and O–H groups in total. The normalized spacial score (nSPS) is 13.4. The molecule has 1 aromatic carbocycles. The van der Waals surface area contributed by atoms with Gasteiger partial charge in [0.05, 0.1) is 7.11 Å². The first-order chi connectivity index (χ1) is 16.0. The molecule has 2 aromatic rings. The molecular weight excluding hydrogens is 447 g/mol. The van der Waals surface area contributed by atoms with Crippen LogP contribution in [0.15, 0.2) is 36.5 Å². The third kappa shape index (κ3) is 7.16. The van der Waals surface area contributed by atoms with E-state index in [4.69, 9.17) is 18.9 Å². The minimum atomic E-state index is -1.05. The van der Waals surface area contributed by atoms with Crippen molar-refractivity contribution in [3.05, 3.63) is 48.0 Å². The summed E-state index contributed by atoms with van der Waals surface area (Å²) in [6, 6.07) is 5.89. The Morgan fingerprint density at radius 1 is 1.03 bits per heavy atom. The Labute approximate surface area is 197 Å². The van der Waals surface area contributed by atoms with Crippen molar-refractivity contribution in [2.45, 2.75) is 52.9 Å². The van der Waals surface area contributed by atoms with Crippen molar-refractivity contribution in [3.63, 3.8) is 0 Å². The molecule has 0 fully saturated rings. The van der Waals surface area contributed by atoms with Gasteiger partial charge in [0.2, 0.25) is 5.75 Å². The van der Waals surface area contributed by atoms with Crippen LogP contribution >= 0.6 is 0 Å². The molecule has 0 saturated heterocycles. The Morgan fingerprint density at radius 2 is 1.68 bits per heavy atom. The van der Waals surface area contributed by atoms with Gasteiger partial charge < -0.3 is 24.3 Å². The highest BCUT2D eigenvalue weighted by Gasteiger charge is 2.30. The van der Waals surface area contributed by atoms with E-state index in [9.17, 15) is 18.8 Å². The van der Waals surface area contributed by atoms with Crippen molar-refractivity contribution < 1.29 is 37.7 Å². The first-order valence-corrected chi connectivity index (χ1v) is 10.7. The lowest BCUT2D eigenvalue weighted by atomic mass is 10.0. The molecule has 0 aliphatic rings. The zero-order chi connectivity index (χ0) is 25.4. The van der Waals surface area contributed by atoms with Gasteiger partial charge in [0, 0.05) is 19.2 Å². The highest BCUT2D eigenvalue weighted by Crippen LogP contribution is 2.29. The number of amides is 1. The van der Waals surface area contributed by atoms with E-state index in [1.54, 1.807) is 6.92 Å². The van der Waals surface area contributed by atoms with Gasteiger partial charge in [-0.05, 0) is 44.0 Å². The largest absolute Gasteiger partial charge is 0.493 e. The number of rotatable bonds is 10. The van der Waals surface area contributed by atoms with Crippen LogP contribution in [0.3, 0.4) is 0 Å². The van der Waals surface area contributed by atoms with E-state index in [-0.39, 0.29) is 23.1 Å². The number of hydrogen-bond donors (Lipinski definition) is 1. The van der Waals surface area contributed by atoms with Gasteiger partial charge in [-0.15, -0.1) is 0 Å². The quantitative estimate of drug-likeness (QED) is 0.520. The highest BCUT2D eigenvalue weighted by molar-refractivity contribution is 5.98. The summed E-state index contributed by atoms with van der Waals surface area (Å²) in [6.07, 6.45) is 0.115. The monoisotopic (exact) mass is 476 g/mol. The molecule has 1 aromatic heterocycles. The van der Waals surface area contributed by atoms with Crippen LogP contribution in [0.2, 0.25) is 0 Å². The number of hydrogen-bond acceptors (Lipinski definition) is 8. The number of esters is 2. The fraction of sp³-hybridized carbons (Fsp3) is 0.417. The number of ether oxygens (including phenoxy) is 4. The number of carbonyl (C=O) groups is 3. The van der Waals surface area contributed by atoms with Crippen LogP contribution < -0.4 is 19.5 Å². The third-order valence-corrected chi connectivity index (χ3v) is 4.76. The fourth-order valence-corrected chi connectivity index (χ4v) is 3.12. The maximum atomic E-state index is 13.1. The van der Waals surface area contributed by atoms with Crippen molar-refractivity contribution in [3.8, 4) is 17.2 Å². The van der Waals surface area contributed by atoms with E-state index in [1.165, 1.54) is 57.5 Å². The predicted molar refractivity (Wildman–Crippen MR) is 120 cm³/mol.